The van der Waals surface area contributed by atoms with Gasteiger partial charge < -0.3 is 9.30 Å². The van der Waals surface area contributed by atoms with E-state index in [0.717, 1.165) is 26.9 Å². The predicted octanol–water partition coefficient (Wildman–Crippen LogP) is 4.36. The normalized spacial score (nSPS) is 11.2. The van der Waals surface area contributed by atoms with E-state index in [1.54, 1.807) is 7.11 Å². The number of aromatic nitrogens is 2. The second-order valence-corrected chi connectivity index (χ2v) is 6.96. The van der Waals surface area contributed by atoms with Gasteiger partial charge in [-0.05, 0) is 42.8 Å². The summed E-state index contributed by atoms with van der Waals surface area (Å²) in [6.07, 6.45) is 0. The number of aryl methyl sites for hydroxylation is 2. The van der Waals surface area contributed by atoms with Gasteiger partial charge in [-0.25, -0.2) is 4.98 Å². The molecule has 0 saturated heterocycles. The number of carbonyl (C=O) groups is 1. The average molecular weight is 351 g/mol. The van der Waals surface area contributed by atoms with Crippen LogP contribution in [0.3, 0.4) is 0 Å². The van der Waals surface area contributed by atoms with E-state index in [1.807, 2.05) is 54.9 Å². The van der Waals surface area contributed by atoms with Crippen LogP contribution in [0.1, 0.15) is 16.1 Å². The number of ether oxygens (including phenoxy) is 1. The maximum Gasteiger partial charge on any atom is 0.274 e. The highest BCUT2D eigenvalue weighted by Gasteiger charge is 2.17. The number of fused-ring (bicyclic) bond motifs is 2. The van der Waals surface area contributed by atoms with E-state index >= 15 is 0 Å². The smallest absolute Gasteiger partial charge is 0.274 e. The molecule has 0 spiro atoms. The van der Waals surface area contributed by atoms with Crippen LogP contribution in [0, 0.1) is 6.92 Å². The van der Waals surface area contributed by atoms with Crippen molar-refractivity contribution >= 4 is 43.5 Å². The van der Waals surface area contributed by atoms with Gasteiger partial charge in [0.25, 0.3) is 5.91 Å². The lowest BCUT2D eigenvalue weighted by atomic mass is 10.2. The van der Waals surface area contributed by atoms with Gasteiger partial charge in [0.15, 0.2) is 5.13 Å². The Kier molecular flexibility index (Phi) is 3.69. The molecule has 0 aliphatic rings. The largest absolute Gasteiger partial charge is 0.496 e. The summed E-state index contributed by atoms with van der Waals surface area (Å²) in [5.74, 6) is 0.569. The number of nitrogens with zero attached hydrogens (tertiary/aromatic N) is 2. The second kappa shape index (κ2) is 5.89. The molecule has 2 heterocycles. The number of benzene rings is 2. The zero-order chi connectivity index (χ0) is 17.6. The third-order valence-corrected chi connectivity index (χ3v) is 5.20. The first-order valence-electron chi connectivity index (χ1n) is 7.88. The van der Waals surface area contributed by atoms with Crippen molar-refractivity contribution in [1.29, 1.82) is 0 Å². The van der Waals surface area contributed by atoms with Crippen LogP contribution in [0.4, 0.5) is 5.13 Å². The molecule has 126 valence electrons. The molecular formula is C19H17N3O2S. The van der Waals surface area contributed by atoms with Crippen LogP contribution in [0.25, 0.3) is 21.1 Å². The van der Waals surface area contributed by atoms with Crippen LogP contribution in [0.2, 0.25) is 0 Å². The van der Waals surface area contributed by atoms with Gasteiger partial charge in [-0.2, -0.15) is 0 Å². The number of thiazole rings is 1. The lowest BCUT2D eigenvalue weighted by molar-refractivity contribution is 0.102. The molecule has 0 fully saturated rings. The Labute approximate surface area is 148 Å². The lowest BCUT2D eigenvalue weighted by Crippen LogP contribution is -2.15. The summed E-state index contributed by atoms with van der Waals surface area (Å²) in [4.78, 5) is 17.2. The molecule has 1 N–H and O–H groups in total. The second-order valence-electron chi connectivity index (χ2n) is 5.93. The molecule has 1 amide bonds. The Morgan fingerprint density at radius 2 is 2.08 bits per heavy atom. The van der Waals surface area contributed by atoms with Crippen molar-refractivity contribution < 1.29 is 9.53 Å². The van der Waals surface area contributed by atoms with Crippen LogP contribution in [-0.4, -0.2) is 22.6 Å². The van der Waals surface area contributed by atoms with Crippen molar-refractivity contribution in [3.05, 3.63) is 53.7 Å². The SMILES string of the molecule is COc1cccc2c1cc(C(=O)Nc1nc3ccc(C)cc3s1)n2C. The monoisotopic (exact) mass is 351 g/mol. The van der Waals surface area contributed by atoms with Gasteiger partial charge in [0.05, 0.1) is 22.8 Å². The lowest BCUT2D eigenvalue weighted by Gasteiger charge is -2.04. The minimum Gasteiger partial charge on any atom is -0.496 e. The van der Waals surface area contributed by atoms with Crippen molar-refractivity contribution in [1.82, 2.24) is 9.55 Å². The molecule has 4 rings (SSSR count). The molecule has 25 heavy (non-hydrogen) atoms. The quantitative estimate of drug-likeness (QED) is 0.597. The van der Waals surface area contributed by atoms with Crippen molar-refractivity contribution in [2.75, 3.05) is 12.4 Å². The highest BCUT2D eigenvalue weighted by atomic mass is 32.1. The van der Waals surface area contributed by atoms with Crippen LogP contribution < -0.4 is 10.1 Å². The maximum atomic E-state index is 12.7. The van der Waals surface area contributed by atoms with E-state index in [4.69, 9.17) is 4.74 Å². The number of hydrogen-bond donors (Lipinski definition) is 1. The first-order chi connectivity index (χ1) is 12.1. The van der Waals surface area contributed by atoms with Gasteiger partial charge in [0.1, 0.15) is 11.4 Å². The molecule has 0 aliphatic carbocycles. The topological polar surface area (TPSA) is 56.1 Å². The summed E-state index contributed by atoms with van der Waals surface area (Å²) in [7, 11) is 3.50. The van der Waals surface area contributed by atoms with Gasteiger partial charge in [0, 0.05) is 12.4 Å². The van der Waals surface area contributed by atoms with Gasteiger partial charge >= 0.3 is 0 Å². The Balaban J connectivity index is 1.70. The van der Waals surface area contributed by atoms with Crippen molar-refractivity contribution in [3.8, 4) is 5.75 Å². The summed E-state index contributed by atoms with van der Waals surface area (Å²) in [6, 6.07) is 13.7. The van der Waals surface area contributed by atoms with Crippen molar-refractivity contribution in [2.24, 2.45) is 7.05 Å². The van der Waals surface area contributed by atoms with Crippen molar-refractivity contribution in [2.45, 2.75) is 6.92 Å². The summed E-state index contributed by atoms with van der Waals surface area (Å²) < 4.78 is 8.32. The number of nitrogens with one attached hydrogen (secondary N) is 1. The number of rotatable bonds is 3. The fourth-order valence-electron chi connectivity index (χ4n) is 2.98. The molecule has 2 aromatic carbocycles. The fourth-order valence-corrected chi connectivity index (χ4v) is 3.93. The predicted molar refractivity (Wildman–Crippen MR) is 102 cm³/mol. The molecule has 0 bridgehead atoms. The van der Waals surface area contributed by atoms with Crippen LogP contribution in [0.15, 0.2) is 42.5 Å². The molecular weight excluding hydrogens is 334 g/mol. The molecule has 5 nitrogen and oxygen atoms in total. The van der Waals surface area contributed by atoms with E-state index in [9.17, 15) is 4.79 Å². The first-order valence-corrected chi connectivity index (χ1v) is 8.69. The van der Waals surface area contributed by atoms with E-state index in [1.165, 1.54) is 16.9 Å². The maximum absolute atomic E-state index is 12.7. The van der Waals surface area contributed by atoms with Gasteiger partial charge in [-0.15, -0.1) is 0 Å². The highest BCUT2D eigenvalue weighted by Crippen LogP contribution is 2.30. The Hall–Kier alpha value is -2.86. The minimum atomic E-state index is -0.184. The fraction of sp³-hybridized carbons (Fsp3) is 0.158. The van der Waals surface area contributed by atoms with Crippen molar-refractivity contribution in [3.63, 3.8) is 0 Å². The van der Waals surface area contributed by atoms with E-state index in [-0.39, 0.29) is 5.91 Å². The summed E-state index contributed by atoms with van der Waals surface area (Å²) in [5.41, 5.74) is 3.58. The number of anilines is 1. The summed E-state index contributed by atoms with van der Waals surface area (Å²) >= 11 is 1.48. The molecule has 0 unspecified atom stereocenters. The first kappa shape index (κ1) is 15.7. The number of amides is 1. The van der Waals surface area contributed by atoms with Gasteiger partial charge in [-0.3, -0.25) is 10.1 Å². The van der Waals surface area contributed by atoms with Gasteiger partial charge in [-0.1, -0.05) is 23.5 Å². The molecule has 0 atom stereocenters. The standard InChI is InChI=1S/C19H17N3O2S/c1-11-7-8-13-17(9-11)25-19(20-13)21-18(23)15-10-12-14(22(15)2)5-4-6-16(12)24-3/h4-10H,1-3H3,(H,20,21,23). The Morgan fingerprint density at radius 3 is 2.88 bits per heavy atom. The van der Waals surface area contributed by atoms with E-state index in [0.29, 0.717) is 10.8 Å². The Morgan fingerprint density at radius 1 is 1.24 bits per heavy atom. The zero-order valence-electron chi connectivity index (χ0n) is 14.2. The van der Waals surface area contributed by atoms with Crippen LogP contribution in [-0.2, 0) is 7.05 Å². The molecule has 4 aromatic rings. The number of hydrogen-bond acceptors (Lipinski definition) is 4. The van der Waals surface area contributed by atoms with E-state index < -0.39 is 0 Å². The highest BCUT2D eigenvalue weighted by molar-refractivity contribution is 7.22. The zero-order valence-corrected chi connectivity index (χ0v) is 15.0. The summed E-state index contributed by atoms with van der Waals surface area (Å²) in [6.45, 7) is 2.04. The molecule has 0 saturated carbocycles. The molecule has 2 aromatic heterocycles. The third-order valence-electron chi connectivity index (χ3n) is 4.26. The van der Waals surface area contributed by atoms with Crippen LogP contribution >= 0.6 is 11.3 Å². The average Bonchev–Trinajstić information content (AvgIpc) is 3.15. The van der Waals surface area contributed by atoms with Gasteiger partial charge in [0.2, 0.25) is 0 Å². The van der Waals surface area contributed by atoms with Crippen LogP contribution in [0.5, 0.6) is 5.75 Å². The molecule has 0 aliphatic heterocycles. The third kappa shape index (κ3) is 2.64. The minimum absolute atomic E-state index is 0.184. The summed E-state index contributed by atoms with van der Waals surface area (Å²) in [5, 5.41) is 4.43. The van der Waals surface area contributed by atoms with E-state index in [2.05, 4.69) is 16.4 Å². The number of methoxy groups -OCH3 is 1. The Bertz CT molecular complexity index is 1110. The molecule has 6 heteroatoms. The molecule has 0 radical (unpaired) electrons. The number of carbonyl (C=O) groups excluding carboxylic acids is 1.